The molecule has 2 aliphatic rings. The highest BCUT2D eigenvalue weighted by Gasteiger charge is 2.33. The molecule has 108 valence electrons. The zero-order valence-electron chi connectivity index (χ0n) is 11.5. The number of nitrogens with zero attached hydrogens (tertiary/aromatic N) is 3. The maximum absolute atomic E-state index is 12.3. The van der Waals surface area contributed by atoms with Crippen molar-refractivity contribution in [3.05, 3.63) is 0 Å². The molecule has 2 fully saturated rings. The van der Waals surface area contributed by atoms with Crippen LogP contribution in [-0.2, 0) is 4.79 Å². The van der Waals surface area contributed by atoms with Gasteiger partial charge in [0.2, 0.25) is 0 Å². The molecule has 1 heterocycles. The second kappa shape index (κ2) is 6.23. The predicted octanol–water partition coefficient (Wildman–Crippen LogP) is 0.683. The highest BCUT2D eigenvalue weighted by molar-refractivity contribution is 5.80. The highest BCUT2D eigenvalue weighted by Crippen LogP contribution is 2.27. The minimum atomic E-state index is -0.946. The Morgan fingerprint density at radius 2 is 1.84 bits per heavy atom. The van der Waals surface area contributed by atoms with Gasteiger partial charge in [-0.3, -0.25) is 9.69 Å². The minimum Gasteiger partial charge on any atom is -0.480 e. The number of aliphatic carboxylic acids is 1. The number of carboxylic acids is 1. The number of carboxylic acid groups (broad SMARTS) is 1. The number of piperazine rings is 1. The van der Waals surface area contributed by atoms with Crippen molar-refractivity contribution >= 4 is 12.0 Å². The second-order valence-electron chi connectivity index (χ2n) is 5.35. The van der Waals surface area contributed by atoms with Crippen LogP contribution in [0.3, 0.4) is 0 Å². The third kappa shape index (κ3) is 3.83. The molecule has 2 amide bonds. The summed E-state index contributed by atoms with van der Waals surface area (Å²) in [5.41, 5.74) is 0. The predicted molar refractivity (Wildman–Crippen MR) is 71.1 cm³/mol. The molecule has 1 saturated heterocycles. The highest BCUT2D eigenvalue weighted by atomic mass is 16.4. The van der Waals surface area contributed by atoms with Gasteiger partial charge in [-0.1, -0.05) is 6.92 Å². The SMILES string of the molecule is CCCN(CC(=O)O)C(=O)N1CCN(C2CC2)CC1. The molecule has 6 nitrogen and oxygen atoms in total. The third-order valence-electron chi connectivity index (χ3n) is 3.74. The average Bonchev–Trinajstić information content (AvgIpc) is 3.21. The molecule has 0 aromatic rings. The van der Waals surface area contributed by atoms with Gasteiger partial charge in [0, 0.05) is 38.8 Å². The summed E-state index contributed by atoms with van der Waals surface area (Å²) in [6, 6.07) is 0.614. The van der Waals surface area contributed by atoms with Gasteiger partial charge in [0.1, 0.15) is 6.54 Å². The molecule has 0 aromatic heterocycles. The quantitative estimate of drug-likeness (QED) is 0.797. The molecule has 0 atom stereocenters. The molecule has 2 rings (SSSR count). The van der Waals surface area contributed by atoms with Crippen molar-refractivity contribution in [3.63, 3.8) is 0 Å². The first-order valence-electron chi connectivity index (χ1n) is 7.11. The lowest BCUT2D eigenvalue weighted by atomic mass is 10.3. The minimum absolute atomic E-state index is 0.125. The summed E-state index contributed by atoms with van der Waals surface area (Å²) in [6.07, 6.45) is 3.35. The van der Waals surface area contributed by atoms with Crippen LogP contribution in [0.15, 0.2) is 0 Å². The van der Waals surface area contributed by atoms with Crippen molar-refractivity contribution in [1.82, 2.24) is 14.7 Å². The molecule has 1 aliphatic carbocycles. The van der Waals surface area contributed by atoms with Gasteiger partial charge in [0.05, 0.1) is 0 Å². The van der Waals surface area contributed by atoms with Gasteiger partial charge in [-0.05, 0) is 19.3 Å². The van der Waals surface area contributed by atoms with Gasteiger partial charge in [0.15, 0.2) is 0 Å². The lowest BCUT2D eigenvalue weighted by Gasteiger charge is -2.37. The van der Waals surface area contributed by atoms with E-state index < -0.39 is 5.97 Å². The Bertz CT molecular complexity index is 336. The number of carbonyl (C=O) groups is 2. The Morgan fingerprint density at radius 3 is 2.32 bits per heavy atom. The molecule has 0 radical (unpaired) electrons. The van der Waals surface area contributed by atoms with Crippen molar-refractivity contribution in [2.24, 2.45) is 0 Å². The molecule has 1 saturated carbocycles. The average molecular weight is 269 g/mol. The van der Waals surface area contributed by atoms with E-state index >= 15 is 0 Å². The summed E-state index contributed by atoms with van der Waals surface area (Å²) < 4.78 is 0. The normalized spacial score (nSPS) is 20.4. The Labute approximate surface area is 114 Å². The monoisotopic (exact) mass is 269 g/mol. The van der Waals surface area contributed by atoms with Crippen LogP contribution in [0, 0.1) is 0 Å². The van der Waals surface area contributed by atoms with Crippen LogP contribution in [0.2, 0.25) is 0 Å². The van der Waals surface area contributed by atoms with E-state index in [0.717, 1.165) is 38.6 Å². The molecular formula is C13H23N3O3. The topological polar surface area (TPSA) is 64.1 Å². The molecular weight excluding hydrogens is 246 g/mol. The van der Waals surface area contributed by atoms with Crippen molar-refractivity contribution in [2.75, 3.05) is 39.3 Å². The summed E-state index contributed by atoms with van der Waals surface area (Å²) in [7, 11) is 0. The van der Waals surface area contributed by atoms with E-state index in [1.165, 1.54) is 17.7 Å². The summed E-state index contributed by atoms with van der Waals surface area (Å²) in [4.78, 5) is 28.8. The fourth-order valence-corrected chi connectivity index (χ4v) is 2.59. The zero-order valence-corrected chi connectivity index (χ0v) is 11.5. The first-order chi connectivity index (χ1) is 9.11. The van der Waals surface area contributed by atoms with Gasteiger partial charge in [-0.15, -0.1) is 0 Å². The van der Waals surface area contributed by atoms with Gasteiger partial charge in [0.25, 0.3) is 0 Å². The molecule has 0 aromatic carbocycles. The number of rotatable bonds is 5. The van der Waals surface area contributed by atoms with Crippen molar-refractivity contribution < 1.29 is 14.7 Å². The van der Waals surface area contributed by atoms with Gasteiger partial charge >= 0.3 is 12.0 Å². The molecule has 0 bridgehead atoms. The lowest BCUT2D eigenvalue weighted by Crippen LogP contribution is -2.54. The maximum atomic E-state index is 12.3. The van der Waals surface area contributed by atoms with E-state index in [-0.39, 0.29) is 12.6 Å². The summed E-state index contributed by atoms with van der Waals surface area (Å²) in [6.45, 7) is 5.54. The third-order valence-corrected chi connectivity index (χ3v) is 3.74. The first-order valence-corrected chi connectivity index (χ1v) is 7.11. The maximum Gasteiger partial charge on any atom is 0.323 e. The molecule has 1 N–H and O–H groups in total. The Morgan fingerprint density at radius 1 is 1.21 bits per heavy atom. The fourth-order valence-electron chi connectivity index (χ4n) is 2.59. The largest absolute Gasteiger partial charge is 0.480 e. The van der Waals surface area contributed by atoms with Crippen molar-refractivity contribution in [1.29, 1.82) is 0 Å². The number of amides is 2. The molecule has 1 aliphatic heterocycles. The number of urea groups is 1. The van der Waals surface area contributed by atoms with Crippen LogP contribution < -0.4 is 0 Å². The molecule has 0 unspecified atom stereocenters. The van der Waals surface area contributed by atoms with Crippen LogP contribution in [0.25, 0.3) is 0 Å². The fraction of sp³-hybridized carbons (Fsp3) is 0.846. The van der Waals surface area contributed by atoms with Crippen LogP contribution >= 0.6 is 0 Å². The van der Waals surface area contributed by atoms with Gasteiger partial charge in [-0.25, -0.2) is 4.79 Å². The number of hydrogen-bond donors (Lipinski definition) is 1. The second-order valence-corrected chi connectivity index (χ2v) is 5.35. The smallest absolute Gasteiger partial charge is 0.323 e. The Hall–Kier alpha value is -1.30. The van der Waals surface area contributed by atoms with Crippen molar-refractivity contribution in [3.8, 4) is 0 Å². The van der Waals surface area contributed by atoms with Crippen LogP contribution in [0.5, 0.6) is 0 Å². The molecule has 6 heteroatoms. The number of carbonyl (C=O) groups excluding carboxylic acids is 1. The summed E-state index contributed by atoms with van der Waals surface area (Å²) in [5.74, 6) is -0.946. The van der Waals surface area contributed by atoms with Gasteiger partial charge in [-0.2, -0.15) is 0 Å². The van der Waals surface area contributed by atoms with E-state index in [4.69, 9.17) is 5.11 Å². The van der Waals surface area contributed by atoms with E-state index in [1.54, 1.807) is 4.90 Å². The standard InChI is InChI=1S/C13H23N3O3/c1-2-5-16(10-12(17)18)13(19)15-8-6-14(7-9-15)11-3-4-11/h11H,2-10H2,1H3,(H,17,18). The van der Waals surface area contributed by atoms with Crippen LogP contribution in [0.4, 0.5) is 4.79 Å². The van der Waals surface area contributed by atoms with E-state index in [0.29, 0.717) is 6.54 Å². The first kappa shape index (κ1) is 14.1. The van der Waals surface area contributed by atoms with Crippen LogP contribution in [-0.4, -0.2) is 77.1 Å². The zero-order chi connectivity index (χ0) is 13.8. The van der Waals surface area contributed by atoms with E-state index in [9.17, 15) is 9.59 Å². The van der Waals surface area contributed by atoms with E-state index in [2.05, 4.69) is 4.90 Å². The van der Waals surface area contributed by atoms with Crippen molar-refractivity contribution in [2.45, 2.75) is 32.2 Å². The lowest BCUT2D eigenvalue weighted by molar-refractivity contribution is -0.137. The van der Waals surface area contributed by atoms with Crippen LogP contribution in [0.1, 0.15) is 26.2 Å². The Kier molecular flexibility index (Phi) is 4.63. The molecule has 19 heavy (non-hydrogen) atoms. The van der Waals surface area contributed by atoms with E-state index in [1.807, 2.05) is 6.92 Å². The summed E-state index contributed by atoms with van der Waals surface area (Å²) in [5, 5.41) is 8.86. The molecule has 0 spiro atoms. The Balaban J connectivity index is 1.84. The summed E-state index contributed by atoms with van der Waals surface area (Å²) >= 11 is 0. The van der Waals surface area contributed by atoms with Gasteiger partial charge < -0.3 is 14.9 Å². The number of hydrogen-bond acceptors (Lipinski definition) is 3.